The lowest BCUT2D eigenvalue weighted by atomic mass is 10.3. The Balaban J connectivity index is 1.72. The Bertz CT molecular complexity index is 1420. The molecule has 0 amide bonds. The monoisotopic (exact) mass is 457 g/mol. The first-order valence-electron chi connectivity index (χ1n) is 9.10. The zero-order chi connectivity index (χ0) is 22.1. The molecule has 0 radical (unpaired) electrons. The number of H-pyrrole nitrogens is 1. The van der Waals surface area contributed by atoms with Gasteiger partial charge in [0.05, 0.1) is 21.9 Å². The van der Waals surface area contributed by atoms with Crippen molar-refractivity contribution in [3.05, 3.63) is 83.5 Å². The van der Waals surface area contributed by atoms with Gasteiger partial charge in [-0.3, -0.25) is 19.1 Å². The van der Waals surface area contributed by atoms with Gasteiger partial charge in [0.2, 0.25) is 5.69 Å². The van der Waals surface area contributed by atoms with Gasteiger partial charge in [0.15, 0.2) is 5.75 Å². The average Bonchev–Trinajstić information content (AvgIpc) is 3.26. The van der Waals surface area contributed by atoms with E-state index in [4.69, 9.17) is 33.2 Å². The van der Waals surface area contributed by atoms with E-state index in [1.807, 2.05) is 11.1 Å². The van der Waals surface area contributed by atoms with Gasteiger partial charge in [0.1, 0.15) is 11.8 Å². The van der Waals surface area contributed by atoms with E-state index in [1.165, 1.54) is 28.8 Å². The number of rotatable bonds is 4. The third-order valence-corrected chi connectivity index (χ3v) is 5.15. The maximum absolute atomic E-state index is 12.2. The van der Waals surface area contributed by atoms with Crippen molar-refractivity contribution in [2.75, 3.05) is 0 Å². The second-order valence-corrected chi connectivity index (χ2v) is 7.45. The van der Waals surface area contributed by atoms with Gasteiger partial charge in [0.25, 0.3) is 11.1 Å². The van der Waals surface area contributed by atoms with E-state index in [0.29, 0.717) is 5.75 Å². The van der Waals surface area contributed by atoms with Crippen LogP contribution in [0.5, 0.6) is 11.5 Å². The van der Waals surface area contributed by atoms with Gasteiger partial charge in [-0.2, -0.15) is 9.94 Å². The van der Waals surface area contributed by atoms with Crippen molar-refractivity contribution in [3.8, 4) is 23.3 Å². The van der Waals surface area contributed by atoms with E-state index in [0.717, 1.165) is 29.6 Å². The number of pyridine rings is 1. The van der Waals surface area contributed by atoms with E-state index in [1.54, 1.807) is 12.3 Å². The van der Waals surface area contributed by atoms with Crippen LogP contribution in [-0.4, -0.2) is 19.3 Å². The summed E-state index contributed by atoms with van der Waals surface area (Å²) in [6.45, 7) is 0. The van der Waals surface area contributed by atoms with Gasteiger partial charge in [-0.05, 0) is 37.5 Å². The number of nitrogens with zero attached hydrogens (tertiary/aromatic N) is 4. The number of aromatic amines is 1. The molecule has 11 heteroatoms. The largest absolute Gasteiger partial charge is 0.453 e. The van der Waals surface area contributed by atoms with Crippen LogP contribution in [0, 0.1) is 11.3 Å². The summed E-state index contributed by atoms with van der Waals surface area (Å²) in [6.07, 6.45) is 6.26. The molecule has 31 heavy (non-hydrogen) atoms. The Hall–Kier alpha value is -3.61. The van der Waals surface area contributed by atoms with E-state index in [9.17, 15) is 14.4 Å². The van der Waals surface area contributed by atoms with Crippen LogP contribution in [0.25, 0.3) is 11.4 Å². The number of hydrogen-bond donors (Lipinski definition) is 1. The fourth-order valence-corrected chi connectivity index (χ4v) is 3.71. The van der Waals surface area contributed by atoms with E-state index in [-0.39, 0.29) is 27.0 Å². The molecule has 4 rings (SSSR count). The average molecular weight is 458 g/mol. The smallest absolute Gasteiger partial charge is 0.349 e. The summed E-state index contributed by atoms with van der Waals surface area (Å²) in [5, 5.41) is 12.8. The molecule has 156 valence electrons. The lowest BCUT2D eigenvalue weighted by Crippen LogP contribution is -2.33. The molecule has 3 aromatic rings. The minimum absolute atomic E-state index is 0.0544. The molecule has 0 unspecified atom stereocenters. The summed E-state index contributed by atoms with van der Waals surface area (Å²) >= 11 is 12.6. The van der Waals surface area contributed by atoms with Gasteiger partial charge < -0.3 is 4.74 Å². The van der Waals surface area contributed by atoms with Gasteiger partial charge in [-0.15, -0.1) is 5.10 Å². The molecule has 1 aromatic carbocycles. The molecular formula is C20H13Cl2N5O4. The van der Waals surface area contributed by atoms with Crippen molar-refractivity contribution in [1.29, 1.82) is 5.26 Å². The highest BCUT2D eigenvalue weighted by Gasteiger charge is 2.16. The summed E-state index contributed by atoms with van der Waals surface area (Å²) in [6, 6.07) is 7.20. The zero-order valence-electron chi connectivity index (χ0n) is 15.8. The summed E-state index contributed by atoms with van der Waals surface area (Å²) in [4.78, 5) is 37.8. The second-order valence-electron chi connectivity index (χ2n) is 6.63. The van der Waals surface area contributed by atoms with Crippen LogP contribution < -0.4 is 21.5 Å². The first-order valence-corrected chi connectivity index (χ1v) is 9.86. The highest BCUT2D eigenvalue weighted by molar-refractivity contribution is 6.37. The van der Waals surface area contributed by atoms with Crippen LogP contribution in [-0.2, 0) is 0 Å². The zero-order valence-corrected chi connectivity index (χ0v) is 17.3. The maximum atomic E-state index is 12.2. The normalized spacial score (nSPS) is 13.0. The van der Waals surface area contributed by atoms with E-state index >= 15 is 0 Å². The quantitative estimate of drug-likeness (QED) is 0.641. The van der Waals surface area contributed by atoms with E-state index in [2.05, 4.69) is 5.10 Å². The van der Waals surface area contributed by atoms with Crippen LogP contribution >= 0.6 is 23.2 Å². The topological polar surface area (TPSA) is 123 Å². The van der Waals surface area contributed by atoms with Crippen LogP contribution in [0.4, 0.5) is 0 Å². The number of hydrogen-bond acceptors (Lipinski definition) is 6. The first kappa shape index (κ1) is 20.7. The second kappa shape index (κ2) is 8.26. The fraction of sp³-hybridized carbons (Fsp3) is 0.150. The molecule has 0 fully saturated rings. The number of allylic oxidation sites excluding steroid dienone is 2. The molecule has 0 spiro atoms. The number of aromatic nitrogens is 4. The van der Waals surface area contributed by atoms with Crippen LogP contribution in [0.2, 0.25) is 10.0 Å². The third kappa shape index (κ3) is 4.03. The van der Waals surface area contributed by atoms with E-state index < -0.39 is 16.9 Å². The number of nitrogens with one attached hydrogen (secondary N) is 1. The molecule has 2 heterocycles. The molecule has 0 atom stereocenters. The lowest BCUT2D eigenvalue weighted by Gasteiger charge is -2.14. The van der Waals surface area contributed by atoms with Crippen molar-refractivity contribution < 1.29 is 4.74 Å². The number of nitriles is 1. The molecular weight excluding hydrogens is 445 g/mol. The molecule has 1 aliphatic carbocycles. The Kier molecular flexibility index (Phi) is 5.50. The Labute approximate surface area is 184 Å². The standard InChI is InChI=1S/C20H13Cl2N5O4/c21-14-7-12(27-20(30)24-19(29)16(9-23)25-27)8-15(22)18(14)31-13-5-6-17(28)26(10-13)11-3-1-2-4-11/h3,5-8,10H,1-2,4H2,(H,24,29,30). The Morgan fingerprint density at radius 1 is 1.16 bits per heavy atom. The van der Waals surface area contributed by atoms with Crippen molar-refractivity contribution in [1.82, 2.24) is 19.3 Å². The SMILES string of the molecule is N#Cc1nn(-c2cc(Cl)c(Oc3ccc(=O)n(C4=CCCC4)c3)c(Cl)c2)c(=O)[nH]c1=O. The number of halogens is 2. The number of benzene rings is 1. The van der Waals surface area contributed by atoms with Crippen molar-refractivity contribution in [2.45, 2.75) is 19.3 Å². The molecule has 1 aliphatic rings. The van der Waals surface area contributed by atoms with Gasteiger partial charge in [0, 0.05) is 11.8 Å². The summed E-state index contributed by atoms with van der Waals surface area (Å²) in [7, 11) is 0. The predicted molar refractivity (Wildman–Crippen MR) is 114 cm³/mol. The van der Waals surface area contributed by atoms with Gasteiger partial charge in [-0.25, -0.2) is 4.79 Å². The Morgan fingerprint density at radius 3 is 2.55 bits per heavy atom. The first-order chi connectivity index (χ1) is 14.9. The minimum Gasteiger partial charge on any atom is -0.453 e. The summed E-state index contributed by atoms with van der Waals surface area (Å²) in [5.74, 6) is 0.450. The molecule has 0 bridgehead atoms. The fourth-order valence-electron chi connectivity index (χ4n) is 3.16. The van der Waals surface area contributed by atoms with Crippen LogP contribution in [0.1, 0.15) is 25.0 Å². The summed E-state index contributed by atoms with van der Waals surface area (Å²) < 4.78 is 8.13. The molecule has 1 N–H and O–H groups in total. The maximum Gasteiger partial charge on any atom is 0.349 e. The predicted octanol–water partition coefficient (Wildman–Crippen LogP) is 3.08. The lowest BCUT2D eigenvalue weighted by molar-refractivity contribution is 0.478. The highest BCUT2D eigenvalue weighted by Crippen LogP contribution is 2.38. The van der Waals surface area contributed by atoms with Crippen molar-refractivity contribution >= 4 is 28.9 Å². The minimum atomic E-state index is -0.895. The van der Waals surface area contributed by atoms with Crippen LogP contribution in [0.3, 0.4) is 0 Å². The summed E-state index contributed by atoms with van der Waals surface area (Å²) in [5.41, 5.74) is -1.39. The highest BCUT2D eigenvalue weighted by atomic mass is 35.5. The van der Waals surface area contributed by atoms with Gasteiger partial charge in [-0.1, -0.05) is 29.3 Å². The molecule has 2 aromatic heterocycles. The van der Waals surface area contributed by atoms with Gasteiger partial charge >= 0.3 is 5.69 Å². The number of ether oxygens (including phenoxy) is 1. The van der Waals surface area contributed by atoms with Crippen molar-refractivity contribution in [2.24, 2.45) is 0 Å². The Morgan fingerprint density at radius 2 is 1.90 bits per heavy atom. The third-order valence-electron chi connectivity index (χ3n) is 4.59. The van der Waals surface area contributed by atoms with Crippen molar-refractivity contribution in [3.63, 3.8) is 0 Å². The van der Waals surface area contributed by atoms with Crippen LogP contribution in [0.15, 0.2) is 50.9 Å². The molecule has 0 saturated heterocycles. The molecule has 0 aliphatic heterocycles. The molecule has 0 saturated carbocycles. The molecule has 9 nitrogen and oxygen atoms in total.